The van der Waals surface area contributed by atoms with Crippen molar-refractivity contribution in [1.29, 1.82) is 0 Å². The molecule has 0 radical (unpaired) electrons. The summed E-state index contributed by atoms with van der Waals surface area (Å²) in [6.07, 6.45) is 4.42. The molecule has 1 saturated heterocycles. The van der Waals surface area contributed by atoms with Crippen molar-refractivity contribution in [2.75, 3.05) is 26.7 Å². The van der Waals surface area contributed by atoms with E-state index in [1.807, 2.05) is 12.1 Å². The number of hydrogen-bond acceptors (Lipinski definition) is 3. The highest BCUT2D eigenvalue weighted by molar-refractivity contribution is 5.02. The number of likely N-dealkylation sites (tertiary alicyclic amines) is 1. The summed E-state index contributed by atoms with van der Waals surface area (Å²) in [6.45, 7) is 5.72. The topological polar surface area (TPSA) is 28.4 Å². The maximum atomic E-state index is 5.38. The largest absolute Gasteiger partial charge is 0.468 e. The van der Waals surface area contributed by atoms with Gasteiger partial charge in [-0.15, -0.1) is 0 Å². The molecule has 2 atom stereocenters. The van der Waals surface area contributed by atoms with E-state index in [0.29, 0.717) is 6.04 Å². The minimum absolute atomic E-state index is 0.322. The Hall–Kier alpha value is -0.800. The quantitative estimate of drug-likeness (QED) is 0.847. The maximum absolute atomic E-state index is 5.38. The third-order valence-electron chi connectivity index (χ3n) is 3.40. The normalized spacial score (nSPS) is 24.5. The number of nitrogens with one attached hydrogen (secondary N) is 1. The zero-order valence-electron chi connectivity index (χ0n) is 10.3. The first kappa shape index (κ1) is 11.7. The number of nitrogens with zero attached hydrogens (tertiary/aromatic N) is 1. The van der Waals surface area contributed by atoms with Gasteiger partial charge in [-0.3, -0.25) is 0 Å². The lowest BCUT2D eigenvalue weighted by atomic mass is 9.98. The Morgan fingerprint density at radius 2 is 2.50 bits per heavy atom. The van der Waals surface area contributed by atoms with Gasteiger partial charge in [-0.05, 0) is 58.0 Å². The average Bonchev–Trinajstić information content (AvgIpc) is 2.79. The van der Waals surface area contributed by atoms with E-state index >= 15 is 0 Å². The van der Waals surface area contributed by atoms with Crippen LogP contribution < -0.4 is 5.32 Å². The summed E-state index contributed by atoms with van der Waals surface area (Å²) in [6, 6.07) is 4.30. The molecule has 0 amide bonds. The fraction of sp³-hybridized carbons (Fsp3) is 0.692. The van der Waals surface area contributed by atoms with Gasteiger partial charge < -0.3 is 14.6 Å². The standard InChI is InChI=1S/C13H22N2O/c1-11(13-6-4-8-16-13)14-9-12-5-3-7-15(2)10-12/h4,6,8,11-12,14H,3,5,7,9-10H2,1-2H3/t11-,12?/m1/s1. The third-order valence-corrected chi connectivity index (χ3v) is 3.40. The predicted molar refractivity (Wildman–Crippen MR) is 65.3 cm³/mol. The summed E-state index contributed by atoms with van der Waals surface area (Å²) in [5, 5.41) is 3.55. The van der Waals surface area contributed by atoms with Crippen molar-refractivity contribution in [3.8, 4) is 0 Å². The lowest BCUT2D eigenvalue weighted by Crippen LogP contribution is -2.37. The van der Waals surface area contributed by atoms with Crippen molar-refractivity contribution in [3.05, 3.63) is 24.2 Å². The molecular formula is C13H22N2O. The lowest BCUT2D eigenvalue weighted by molar-refractivity contribution is 0.202. The van der Waals surface area contributed by atoms with E-state index < -0.39 is 0 Å². The second-order valence-electron chi connectivity index (χ2n) is 4.92. The third kappa shape index (κ3) is 3.09. The molecule has 0 bridgehead atoms. The first-order valence-corrected chi connectivity index (χ1v) is 6.21. The Bertz CT molecular complexity index is 297. The van der Waals surface area contributed by atoms with Crippen molar-refractivity contribution in [3.63, 3.8) is 0 Å². The van der Waals surface area contributed by atoms with Crippen LogP contribution in [-0.2, 0) is 0 Å². The molecule has 16 heavy (non-hydrogen) atoms. The van der Waals surface area contributed by atoms with Crippen LogP contribution in [0.4, 0.5) is 0 Å². The molecule has 0 aromatic carbocycles. The van der Waals surface area contributed by atoms with E-state index in [2.05, 4.69) is 24.2 Å². The van der Waals surface area contributed by atoms with Gasteiger partial charge in [-0.25, -0.2) is 0 Å². The molecule has 3 heteroatoms. The monoisotopic (exact) mass is 222 g/mol. The van der Waals surface area contributed by atoms with Crippen molar-refractivity contribution < 1.29 is 4.42 Å². The molecule has 1 fully saturated rings. The molecule has 1 N–H and O–H groups in total. The molecule has 1 unspecified atom stereocenters. The molecule has 3 nitrogen and oxygen atoms in total. The zero-order valence-corrected chi connectivity index (χ0v) is 10.3. The molecule has 90 valence electrons. The molecule has 1 aromatic heterocycles. The van der Waals surface area contributed by atoms with Crippen LogP contribution in [0, 0.1) is 5.92 Å². The molecule has 0 spiro atoms. The van der Waals surface area contributed by atoms with Crippen molar-refractivity contribution >= 4 is 0 Å². The zero-order chi connectivity index (χ0) is 11.4. The minimum Gasteiger partial charge on any atom is -0.468 e. The van der Waals surface area contributed by atoms with Crippen LogP contribution in [-0.4, -0.2) is 31.6 Å². The van der Waals surface area contributed by atoms with Gasteiger partial charge in [-0.1, -0.05) is 0 Å². The molecule has 2 rings (SSSR count). The summed E-state index contributed by atoms with van der Waals surface area (Å²) >= 11 is 0. The second kappa shape index (κ2) is 5.51. The van der Waals surface area contributed by atoms with Gasteiger partial charge in [0.25, 0.3) is 0 Å². The minimum atomic E-state index is 0.322. The van der Waals surface area contributed by atoms with Gasteiger partial charge in [-0.2, -0.15) is 0 Å². The van der Waals surface area contributed by atoms with Crippen molar-refractivity contribution in [1.82, 2.24) is 10.2 Å². The van der Waals surface area contributed by atoms with Gasteiger partial charge in [0.05, 0.1) is 12.3 Å². The van der Waals surface area contributed by atoms with Gasteiger partial charge >= 0.3 is 0 Å². The molecular weight excluding hydrogens is 200 g/mol. The van der Waals surface area contributed by atoms with Crippen molar-refractivity contribution in [2.24, 2.45) is 5.92 Å². The highest BCUT2D eigenvalue weighted by atomic mass is 16.3. The molecule has 1 aliphatic rings. The molecule has 0 saturated carbocycles. The summed E-state index contributed by atoms with van der Waals surface area (Å²) in [7, 11) is 2.21. The highest BCUT2D eigenvalue weighted by Gasteiger charge is 2.18. The second-order valence-corrected chi connectivity index (χ2v) is 4.92. The van der Waals surface area contributed by atoms with Crippen LogP contribution in [0.2, 0.25) is 0 Å². The number of furan rings is 1. The Kier molecular flexibility index (Phi) is 4.02. The van der Waals surface area contributed by atoms with E-state index in [-0.39, 0.29) is 0 Å². The van der Waals surface area contributed by atoms with Gasteiger partial charge in [0.1, 0.15) is 5.76 Å². The predicted octanol–water partition coefficient (Wildman–Crippen LogP) is 2.27. The van der Waals surface area contributed by atoms with E-state index in [1.54, 1.807) is 6.26 Å². The fourth-order valence-corrected chi connectivity index (χ4v) is 2.42. The van der Waals surface area contributed by atoms with Gasteiger partial charge in [0, 0.05) is 6.54 Å². The Morgan fingerprint density at radius 3 is 3.19 bits per heavy atom. The highest BCUT2D eigenvalue weighted by Crippen LogP contribution is 2.17. The van der Waals surface area contributed by atoms with E-state index in [9.17, 15) is 0 Å². The summed E-state index contributed by atoms with van der Waals surface area (Å²) < 4.78 is 5.38. The van der Waals surface area contributed by atoms with E-state index in [4.69, 9.17) is 4.42 Å². The van der Waals surface area contributed by atoms with Gasteiger partial charge in [0.2, 0.25) is 0 Å². The van der Waals surface area contributed by atoms with Crippen LogP contribution in [0.25, 0.3) is 0 Å². The Labute approximate surface area is 97.8 Å². The molecule has 1 aromatic rings. The lowest BCUT2D eigenvalue weighted by Gasteiger charge is -2.30. The number of hydrogen-bond donors (Lipinski definition) is 1. The Balaban J connectivity index is 1.74. The van der Waals surface area contributed by atoms with Gasteiger partial charge in [0.15, 0.2) is 0 Å². The molecule has 1 aliphatic heterocycles. The Morgan fingerprint density at radius 1 is 1.62 bits per heavy atom. The smallest absolute Gasteiger partial charge is 0.120 e. The first-order chi connectivity index (χ1) is 7.75. The van der Waals surface area contributed by atoms with Crippen LogP contribution in [0.3, 0.4) is 0 Å². The fourth-order valence-electron chi connectivity index (χ4n) is 2.42. The number of rotatable bonds is 4. The molecule has 0 aliphatic carbocycles. The van der Waals surface area contributed by atoms with Crippen LogP contribution in [0.15, 0.2) is 22.8 Å². The average molecular weight is 222 g/mol. The van der Waals surface area contributed by atoms with Crippen LogP contribution >= 0.6 is 0 Å². The maximum Gasteiger partial charge on any atom is 0.120 e. The molecule has 2 heterocycles. The van der Waals surface area contributed by atoms with Crippen LogP contribution in [0.5, 0.6) is 0 Å². The van der Waals surface area contributed by atoms with Crippen molar-refractivity contribution in [2.45, 2.75) is 25.8 Å². The summed E-state index contributed by atoms with van der Waals surface area (Å²) in [5.74, 6) is 1.82. The first-order valence-electron chi connectivity index (χ1n) is 6.21. The SMILES string of the molecule is C[C@@H](NCC1CCCN(C)C1)c1ccco1. The summed E-state index contributed by atoms with van der Waals surface area (Å²) in [5.41, 5.74) is 0. The van der Waals surface area contributed by atoms with E-state index in [1.165, 1.54) is 25.9 Å². The number of piperidine rings is 1. The summed E-state index contributed by atoms with van der Waals surface area (Å²) in [4.78, 5) is 2.42. The van der Waals surface area contributed by atoms with Crippen LogP contribution in [0.1, 0.15) is 31.6 Å². The van der Waals surface area contributed by atoms with E-state index in [0.717, 1.165) is 18.2 Å².